The number of hydrogen-bond acceptors (Lipinski definition) is 4. The van der Waals surface area contributed by atoms with E-state index in [0.29, 0.717) is 11.8 Å². The molecule has 4 nitrogen and oxygen atoms in total. The quantitative estimate of drug-likeness (QED) is 0.406. The van der Waals surface area contributed by atoms with Gasteiger partial charge in [-0.25, -0.2) is 0 Å². The van der Waals surface area contributed by atoms with Crippen molar-refractivity contribution in [2.24, 2.45) is 45.3 Å². The molecule has 4 N–H and O–H groups in total. The number of aliphatic hydroxyl groups excluding tert-OH is 3. The largest absolute Gasteiger partial charge is 0.393 e. The summed E-state index contributed by atoms with van der Waals surface area (Å²) in [6, 6.07) is 0. The van der Waals surface area contributed by atoms with Gasteiger partial charge in [-0.2, -0.15) is 0 Å². The molecule has 0 aromatic heterocycles. The summed E-state index contributed by atoms with van der Waals surface area (Å²) in [6.07, 6.45) is 8.21. The predicted octanol–water partition coefficient (Wildman–Crippen LogP) is 5.47. The lowest BCUT2D eigenvalue weighted by Crippen LogP contribution is -2.69. The van der Waals surface area contributed by atoms with Crippen LogP contribution in [0.2, 0.25) is 0 Å². The SMILES string of the molecule is C/C(=C\CCC(C)(C)O)[C@H]1CC[C@]2(C)[C@@H]1[C@H](O)C[C@@H]1[C@@]3(C)CC[C@H](O)C(C)(C)[C@@H]3[C@H](O)C[C@]12C. The van der Waals surface area contributed by atoms with E-state index in [1.54, 1.807) is 0 Å². The van der Waals surface area contributed by atoms with E-state index in [1.165, 1.54) is 5.57 Å². The lowest BCUT2D eigenvalue weighted by Gasteiger charge is -2.71. The minimum atomic E-state index is -0.655. The van der Waals surface area contributed by atoms with Crippen LogP contribution in [0.4, 0.5) is 0 Å². The van der Waals surface area contributed by atoms with Crippen molar-refractivity contribution < 1.29 is 20.4 Å². The van der Waals surface area contributed by atoms with E-state index < -0.39 is 11.7 Å². The second kappa shape index (κ2) is 8.30. The lowest BCUT2D eigenvalue weighted by atomic mass is 9.34. The van der Waals surface area contributed by atoms with E-state index in [2.05, 4.69) is 47.6 Å². The molecule has 4 rings (SSSR count). The van der Waals surface area contributed by atoms with Crippen molar-refractivity contribution in [3.05, 3.63) is 11.6 Å². The van der Waals surface area contributed by atoms with Gasteiger partial charge in [-0.15, -0.1) is 0 Å². The molecule has 0 amide bonds. The van der Waals surface area contributed by atoms with Gasteiger partial charge in [0.2, 0.25) is 0 Å². The van der Waals surface area contributed by atoms with Crippen LogP contribution in [-0.4, -0.2) is 44.3 Å². The molecule has 0 bridgehead atoms. The molecule has 0 aromatic rings. The van der Waals surface area contributed by atoms with Crippen LogP contribution < -0.4 is 0 Å². The minimum absolute atomic E-state index is 0.0273. The summed E-state index contributed by atoms with van der Waals surface area (Å²) < 4.78 is 0. The third kappa shape index (κ3) is 3.76. The van der Waals surface area contributed by atoms with Crippen LogP contribution in [0.3, 0.4) is 0 Å². The summed E-state index contributed by atoms with van der Waals surface area (Å²) in [6.45, 7) is 17.4. The van der Waals surface area contributed by atoms with Gasteiger partial charge in [0, 0.05) is 0 Å². The smallest absolute Gasteiger partial charge is 0.0595 e. The summed E-state index contributed by atoms with van der Waals surface area (Å²) in [7, 11) is 0. The molecule has 0 spiro atoms. The molecule has 34 heavy (non-hydrogen) atoms. The number of rotatable bonds is 4. The molecule has 0 aromatic carbocycles. The van der Waals surface area contributed by atoms with E-state index in [0.717, 1.165) is 51.4 Å². The molecular weight excluding hydrogens is 424 g/mol. The summed E-state index contributed by atoms with van der Waals surface area (Å²) >= 11 is 0. The lowest BCUT2D eigenvalue weighted by molar-refractivity contribution is -0.270. The molecule has 0 heterocycles. The first-order valence-electron chi connectivity index (χ1n) is 13.9. The zero-order valence-corrected chi connectivity index (χ0v) is 23.1. The highest BCUT2D eigenvalue weighted by molar-refractivity contribution is 5.23. The number of fused-ring (bicyclic) bond motifs is 5. The van der Waals surface area contributed by atoms with Gasteiger partial charge in [0.1, 0.15) is 0 Å². The van der Waals surface area contributed by atoms with Gasteiger partial charge in [0.05, 0.1) is 23.9 Å². The molecule has 4 saturated carbocycles. The van der Waals surface area contributed by atoms with Gasteiger partial charge < -0.3 is 20.4 Å². The van der Waals surface area contributed by atoms with E-state index in [9.17, 15) is 20.4 Å². The molecule has 0 unspecified atom stereocenters. The minimum Gasteiger partial charge on any atom is -0.393 e. The Morgan fingerprint density at radius 1 is 0.941 bits per heavy atom. The fourth-order valence-electron chi connectivity index (χ4n) is 10.2. The topological polar surface area (TPSA) is 80.9 Å². The Kier molecular flexibility index (Phi) is 6.50. The average molecular weight is 477 g/mol. The second-order valence-electron chi connectivity index (χ2n) is 14.8. The third-order valence-electron chi connectivity index (χ3n) is 12.1. The summed E-state index contributed by atoms with van der Waals surface area (Å²) in [5.74, 6) is 0.970. The highest BCUT2D eigenvalue weighted by Gasteiger charge is 2.72. The highest BCUT2D eigenvalue weighted by atomic mass is 16.3. The fourth-order valence-corrected chi connectivity index (χ4v) is 10.2. The van der Waals surface area contributed by atoms with Crippen molar-refractivity contribution in [1.82, 2.24) is 0 Å². The molecule has 0 saturated heterocycles. The highest BCUT2D eigenvalue weighted by Crippen LogP contribution is 2.75. The first kappa shape index (κ1) is 26.6. The Bertz CT molecular complexity index is 811. The maximum atomic E-state index is 11.7. The van der Waals surface area contributed by atoms with Crippen molar-refractivity contribution in [3.63, 3.8) is 0 Å². The van der Waals surface area contributed by atoms with Gasteiger partial charge in [-0.3, -0.25) is 0 Å². The Morgan fingerprint density at radius 3 is 2.21 bits per heavy atom. The van der Waals surface area contributed by atoms with E-state index in [1.807, 2.05) is 13.8 Å². The van der Waals surface area contributed by atoms with Crippen LogP contribution in [0, 0.1) is 45.3 Å². The van der Waals surface area contributed by atoms with Gasteiger partial charge in [0.25, 0.3) is 0 Å². The van der Waals surface area contributed by atoms with Crippen LogP contribution in [0.1, 0.15) is 107 Å². The summed E-state index contributed by atoms with van der Waals surface area (Å²) in [4.78, 5) is 0. The molecule has 0 radical (unpaired) electrons. The zero-order valence-electron chi connectivity index (χ0n) is 23.1. The van der Waals surface area contributed by atoms with Crippen LogP contribution in [0.15, 0.2) is 11.6 Å². The van der Waals surface area contributed by atoms with Crippen LogP contribution in [-0.2, 0) is 0 Å². The Balaban J connectivity index is 1.67. The molecule has 10 atom stereocenters. The molecule has 196 valence electrons. The first-order valence-corrected chi connectivity index (χ1v) is 13.9. The van der Waals surface area contributed by atoms with E-state index in [4.69, 9.17) is 0 Å². The van der Waals surface area contributed by atoms with Crippen LogP contribution >= 0.6 is 0 Å². The molecule has 4 aliphatic carbocycles. The molecule has 4 aliphatic rings. The first-order chi connectivity index (χ1) is 15.5. The van der Waals surface area contributed by atoms with Crippen LogP contribution in [0.25, 0.3) is 0 Å². The third-order valence-corrected chi connectivity index (χ3v) is 12.1. The predicted molar refractivity (Wildman–Crippen MR) is 137 cm³/mol. The normalized spacial score (nSPS) is 50.9. The maximum Gasteiger partial charge on any atom is 0.0595 e. The summed E-state index contributed by atoms with van der Waals surface area (Å²) in [5, 5.41) is 44.4. The zero-order chi connectivity index (χ0) is 25.5. The van der Waals surface area contributed by atoms with E-state index in [-0.39, 0.29) is 45.7 Å². The molecule has 0 aliphatic heterocycles. The van der Waals surface area contributed by atoms with E-state index >= 15 is 0 Å². The standard InChI is InChI=1S/C30H52O4/c1-18(10-9-13-26(2,3)34)19-11-15-29(7)24(19)20(31)16-22-28(6)14-12-23(33)27(4,5)25(28)21(32)17-30(22,29)8/h10,19-25,31-34H,9,11-17H2,1-8H3/b18-10+/t19-,20-,21-,22-,23+,24+,25+,28-,29-,30-/m1/s1. The summed E-state index contributed by atoms with van der Waals surface area (Å²) in [5.41, 5.74) is 0.232. The fraction of sp³-hybridized carbons (Fsp3) is 0.933. The Labute approximate surface area is 208 Å². The van der Waals surface area contributed by atoms with Crippen molar-refractivity contribution in [2.75, 3.05) is 0 Å². The average Bonchev–Trinajstić information content (AvgIpc) is 3.06. The van der Waals surface area contributed by atoms with Crippen LogP contribution in [0.5, 0.6) is 0 Å². The van der Waals surface area contributed by atoms with Crippen molar-refractivity contribution in [2.45, 2.75) is 131 Å². The second-order valence-corrected chi connectivity index (χ2v) is 14.8. The van der Waals surface area contributed by atoms with Crippen molar-refractivity contribution in [3.8, 4) is 0 Å². The number of aliphatic hydroxyl groups is 4. The van der Waals surface area contributed by atoms with Crippen molar-refractivity contribution >= 4 is 0 Å². The number of hydrogen-bond donors (Lipinski definition) is 4. The Hall–Kier alpha value is -0.420. The maximum absolute atomic E-state index is 11.7. The number of allylic oxidation sites excluding steroid dienone is 2. The molecule has 4 heteroatoms. The van der Waals surface area contributed by atoms with Gasteiger partial charge in [-0.1, -0.05) is 46.3 Å². The monoisotopic (exact) mass is 476 g/mol. The Morgan fingerprint density at radius 2 is 1.59 bits per heavy atom. The molecular formula is C30H52O4. The van der Waals surface area contributed by atoms with Gasteiger partial charge in [0.15, 0.2) is 0 Å². The van der Waals surface area contributed by atoms with Gasteiger partial charge in [-0.05, 0) is 117 Å². The van der Waals surface area contributed by atoms with Crippen molar-refractivity contribution in [1.29, 1.82) is 0 Å². The molecule has 4 fully saturated rings. The van der Waals surface area contributed by atoms with Gasteiger partial charge >= 0.3 is 0 Å².